The van der Waals surface area contributed by atoms with Crippen LogP contribution >= 0.6 is 0 Å². The van der Waals surface area contributed by atoms with Gasteiger partial charge in [-0.1, -0.05) is 13.8 Å². The van der Waals surface area contributed by atoms with Crippen molar-refractivity contribution in [1.29, 1.82) is 0 Å². The Hall–Kier alpha value is -1.96. The topological polar surface area (TPSA) is 102 Å². The number of aryl methyl sites for hydroxylation is 1. The Balaban J connectivity index is 2.74. The van der Waals surface area contributed by atoms with Crippen molar-refractivity contribution in [2.75, 3.05) is 19.6 Å². The summed E-state index contributed by atoms with van der Waals surface area (Å²) in [4.78, 5) is 26.9. The lowest BCUT2D eigenvalue weighted by molar-refractivity contribution is -0.392. The van der Waals surface area contributed by atoms with Gasteiger partial charge in [0.1, 0.15) is 12.7 Å². The molecule has 0 amide bonds. The highest BCUT2D eigenvalue weighted by Crippen LogP contribution is 2.13. The van der Waals surface area contributed by atoms with Crippen molar-refractivity contribution in [3.05, 3.63) is 22.1 Å². The van der Waals surface area contributed by atoms with Gasteiger partial charge in [0.05, 0.1) is 6.54 Å². The van der Waals surface area contributed by atoms with Crippen molar-refractivity contribution < 1.29 is 14.8 Å². The van der Waals surface area contributed by atoms with Crippen molar-refractivity contribution in [1.82, 2.24) is 14.5 Å². The first kappa shape index (κ1) is 16.1. The molecule has 1 heterocycles. The van der Waals surface area contributed by atoms with E-state index < -0.39 is 10.9 Å². The molecule has 0 bridgehead atoms. The van der Waals surface area contributed by atoms with Crippen molar-refractivity contribution in [2.24, 2.45) is 5.92 Å². The molecule has 0 spiro atoms. The Morgan fingerprint density at radius 3 is 2.75 bits per heavy atom. The first-order chi connectivity index (χ1) is 9.31. The Bertz CT molecular complexity index is 484. The number of aromatic nitrogens is 2. The predicted molar refractivity (Wildman–Crippen MR) is 72.5 cm³/mol. The number of carboxylic acid groups (broad SMARTS) is 1. The summed E-state index contributed by atoms with van der Waals surface area (Å²) in [6.07, 6.45) is 1.22. The number of hydrogen-bond acceptors (Lipinski definition) is 5. The first-order valence-corrected chi connectivity index (χ1v) is 6.42. The molecule has 20 heavy (non-hydrogen) atoms. The van der Waals surface area contributed by atoms with Crippen LogP contribution in [0, 0.1) is 23.0 Å². The highest BCUT2D eigenvalue weighted by molar-refractivity contribution is 5.69. The van der Waals surface area contributed by atoms with Crippen LogP contribution in [0.15, 0.2) is 6.20 Å². The number of carbonyl (C=O) groups is 1. The Morgan fingerprint density at radius 1 is 1.60 bits per heavy atom. The second-order valence-corrected chi connectivity index (χ2v) is 5.10. The van der Waals surface area contributed by atoms with E-state index in [0.717, 1.165) is 0 Å². The third-order valence-electron chi connectivity index (χ3n) is 2.84. The SMILES string of the molecule is Cc1ncc([N+](=O)[O-])n1CCN(CC(=O)O)CC(C)C. The Labute approximate surface area is 117 Å². The van der Waals surface area contributed by atoms with Crippen LogP contribution in [0.5, 0.6) is 0 Å². The van der Waals surface area contributed by atoms with E-state index in [1.165, 1.54) is 10.8 Å². The molecule has 1 aromatic heterocycles. The smallest absolute Gasteiger partial charge is 0.342 e. The van der Waals surface area contributed by atoms with Gasteiger partial charge in [-0.3, -0.25) is 9.69 Å². The molecule has 1 rings (SSSR count). The average molecular weight is 284 g/mol. The summed E-state index contributed by atoms with van der Waals surface area (Å²) in [6.45, 7) is 7.04. The van der Waals surface area contributed by atoms with E-state index in [-0.39, 0.29) is 12.4 Å². The number of carboxylic acids is 1. The van der Waals surface area contributed by atoms with Crippen LogP contribution in [0.25, 0.3) is 0 Å². The molecule has 0 fully saturated rings. The molecular weight excluding hydrogens is 264 g/mol. The quantitative estimate of drug-likeness (QED) is 0.567. The third kappa shape index (κ3) is 4.61. The summed E-state index contributed by atoms with van der Waals surface area (Å²) in [7, 11) is 0. The van der Waals surface area contributed by atoms with Crippen LogP contribution in [0.1, 0.15) is 19.7 Å². The predicted octanol–water partition coefficient (Wildman–Crippen LogP) is 1.14. The molecule has 0 atom stereocenters. The van der Waals surface area contributed by atoms with Crippen LogP contribution < -0.4 is 0 Å². The maximum atomic E-state index is 10.9. The van der Waals surface area contributed by atoms with Crippen molar-refractivity contribution in [2.45, 2.75) is 27.3 Å². The fourth-order valence-electron chi connectivity index (χ4n) is 2.06. The van der Waals surface area contributed by atoms with E-state index >= 15 is 0 Å². The van der Waals surface area contributed by atoms with Gasteiger partial charge >= 0.3 is 11.8 Å². The summed E-state index contributed by atoms with van der Waals surface area (Å²) in [5.74, 6) is -0.0884. The molecule has 0 aromatic carbocycles. The lowest BCUT2D eigenvalue weighted by Crippen LogP contribution is -2.35. The molecule has 0 aliphatic heterocycles. The number of rotatable bonds is 8. The summed E-state index contributed by atoms with van der Waals surface area (Å²) in [5, 5.41) is 19.8. The molecule has 0 aliphatic carbocycles. The zero-order valence-electron chi connectivity index (χ0n) is 11.9. The molecule has 0 aliphatic rings. The minimum atomic E-state index is -0.900. The van der Waals surface area contributed by atoms with Crippen molar-refractivity contribution >= 4 is 11.8 Å². The van der Waals surface area contributed by atoms with Crippen LogP contribution in [0.3, 0.4) is 0 Å². The Kier molecular flexibility index (Phi) is 5.63. The standard InChI is InChI=1S/C12H20N4O4/c1-9(2)7-14(8-12(17)18)4-5-15-10(3)13-6-11(15)16(19)20/h6,9H,4-5,7-8H2,1-3H3,(H,17,18). The van der Waals surface area contributed by atoms with E-state index in [4.69, 9.17) is 5.11 Å². The summed E-state index contributed by atoms with van der Waals surface area (Å²) < 4.78 is 1.50. The number of aliphatic carboxylic acids is 1. The lowest BCUT2D eigenvalue weighted by Gasteiger charge is -2.21. The van der Waals surface area contributed by atoms with Crippen LogP contribution in [-0.4, -0.2) is 50.1 Å². The molecule has 0 saturated heterocycles. The molecule has 0 radical (unpaired) electrons. The van der Waals surface area contributed by atoms with Gasteiger partial charge in [-0.05, 0) is 10.8 Å². The maximum absolute atomic E-state index is 10.9. The zero-order chi connectivity index (χ0) is 15.3. The van der Waals surface area contributed by atoms with Crippen molar-refractivity contribution in [3.63, 3.8) is 0 Å². The fraction of sp³-hybridized carbons (Fsp3) is 0.667. The van der Waals surface area contributed by atoms with Crippen LogP contribution in [0.4, 0.5) is 5.82 Å². The minimum Gasteiger partial charge on any atom is -0.480 e. The molecule has 0 unspecified atom stereocenters. The number of imidazole rings is 1. The van der Waals surface area contributed by atoms with Gasteiger partial charge < -0.3 is 15.2 Å². The van der Waals surface area contributed by atoms with E-state index in [1.54, 1.807) is 11.8 Å². The summed E-state index contributed by atoms with van der Waals surface area (Å²) in [5.41, 5.74) is 0. The second-order valence-electron chi connectivity index (χ2n) is 5.10. The zero-order valence-corrected chi connectivity index (χ0v) is 11.9. The molecule has 8 nitrogen and oxygen atoms in total. The maximum Gasteiger partial charge on any atom is 0.342 e. The average Bonchev–Trinajstić information content (AvgIpc) is 2.66. The van der Waals surface area contributed by atoms with Crippen molar-refractivity contribution in [3.8, 4) is 0 Å². The van der Waals surface area contributed by atoms with E-state index in [0.29, 0.717) is 31.4 Å². The highest BCUT2D eigenvalue weighted by Gasteiger charge is 2.19. The summed E-state index contributed by atoms with van der Waals surface area (Å²) in [6, 6.07) is 0. The molecule has 1 aromatic rings. The van der Waals surface area contributed by atoms with Gasteiger partial charge in [-0.2, -0.15) is 0 Å². The second kappa shape index (κ2) is 6.99. The number of nitrogens with zero attached hydrogens (tertiary/aromatic N) is 4. The van der Waals surface area contributed by atoms with Gasteiger partial charge in [0.25, 0.3) is 0 Å². The van der Waals surface area contributed by atoms with Gasteiger partial charge in [-0.15, -0.1) is 0 Å². The van der Waals surface area contributed by atoms with Gasteiger partial charge in [0, 0.05) is 20.0 Å². The van der Waals surface area contributed by atoms with E-state index in [1.807, 2.05) is 13.8 Å². The minimum absolute atomic E-state index is 0.0673. The van der Waals surface area contributed by atoms with E-state index in [9.17, 15) is 14.9 Å². The molecule has 112 valence electrons. The normalized spacial score (nSPS) is 11.2. The largest absolute Gasteiger partial charge is 0.480 e. The van der Waals surface area contributed by atoms with Gasteiger partial charge in [0.15, 0.2) is 5.82 Å². The number of hydrogen-bond donors (Lipinski definition) is 1. The lowest BCUT2D eigenvalue weighted by atomic mass is 10.2. The third-order valence-corrected chi connectivity index (χ3v) is 2.84. The fourth-order valence-corrected chi connectivity index (χ4v) is 2.06. The van der Waals surface area contributed by atoms with Crippen LogP contribution in [-0.2, 0) is 11.3 Å². The highest BCUT2D eigenvalue weighted by atomic mass is 16.6. The van der Waals surface area contributed by atoms with E-state index in [2.05, 4.69) is 4.98 Å². The Morgan fingerprint density at radius 2 is 2.25 bits per heavy atom. The molecule has 8 heteroatoms. The van der Waals surface area contributed by atoms with Gasteiger partial charge in [0.2, 0.25) is 0 Å². The monoisotopic (exact) mass is 284 g/mol. The molecule has 1 N–H and O–H groups in total. The first-order valence-electron chi connectivity index (χ1n) is 6.42. The molecule has 0 saturated carbocycles. The van der Waals surface area contributed by atoms with Crippen LogP contribution in [0.2, 0.25) is 0 Å². The summed E-state index contributed by atoms with van der Waals surface area (Å²) >= 11 is 0. The molecular formula is C12H20N4O4. The van der Waals surface area contributed by atoms with Gasteiger partial charge in [-0.25, -0.2) is 9.55 Å². The number of nitro groups is 1.